The molecule has 0 radical (unpaired) electrons. The highest BCUT2D eigenvalue weighted by Gasteiger charge is 2.36. The van der Waals surface area contributed by atoms with Crippen LogP contribution in [0.25, 0.3) is 0 Å². The normalized spacial score (nSPS) is 27.9. The number of nitrogens with one attached hydrogen (secondary N) is 1. The zero-order chi connectivity index (χ0) is 15.1. The highest BCUT2D eigenvalue weighted by atomic mass is 35.5. The second-order valence-corrected chi connectivity index (χ2v) is 6.79. The van der Waals surface area contributed by atoms with Crippen LogP contribution in [0.4, 0.5) is 0 Å². The molecule has 2 bridgehead atoms. The largest absolute Gasteiger partial charge is 0.341 e. The number of carbonyl (C=O) groups is 1. The van der Waals surface area contributed by atoms with E-state index in [1.165, 1.54) is 12.8 Å². The van der Waals surface area contributed by atoms with Gasteiger partial charge in [-0.15, -0.1) is 0 Å². The number of aryl methyl sites for hydroxylation is 1. The van der Waals surface area contributed by atoms with E-state index in [2.05, 4.69) is 10.4 Å². The summed E-state index contributed by atoms with van der Waals surface area (Å²) >= 11 is 6.14. The van der Waals surface area contributed by atoms with E-state index in [4.69, 9.17) is 11.6 Å². The molecule has 3 rings (SSSR count). The van der Waals surface area contributed by atoms with Crippen LogP contribution in [-0.4, -0.2) is 45.8 Å². The van der Waals surface area contributed by atoms with Crippen molar-refractivity contribution in [3.05, 3.63) is 16.4 Å². The first-order valence-corrected chi connectivity index (χ1v) is 8.04. The minimum Gasteiger partial charge on any atom is -0.341 e. The van der Waals surface area contributed by atoms with Crippen LogP contribution < -0.4 is 5.32 Å². The molecule has 0 spiro atoms. The average molecular weight is 311 g/mol. The molecule has 1 amide bonds. The average Bonchev–Trinajstić information content (AvgIpc) is 2.92. The molecule has 2 fully saturated rings. The van der Waals surface area contributed by atoms with E-state index in [-0.39, 0.29) is 12.5 Å². The summed E-state index contributed by atoms with van der Waals surface area (Å²) in [4.78, 5) is 14.4. The van der Waals surface area contributed by atoms with Crippen LogP contribution in [0.1, 0.15) is 37.1 Å². The number of carbonyl (C=O) groups excluding carboxylic acids is 1. The van der Waals surface area contributed by atoms with E-state index < -0.39 is 0 Å². The number of amides is 1. The third-order valence-corrected chi connectivity index (χ3v) is 5.51. The molecule has 1 aromatic heterocycles. The topological polar surface area (TPSA) is 50.2 Å². The Morgan fingerprint density at radius 1 is 1.38 bits per heavy atom. The zero-order valence-electron chi connectivity index (χ0n) is 12.9. The van der Waals surface area contributed by atoms with Gasteiger partial charge < -0.3 is 10.2 Å². The van der Waals surface area contributed by atoms with Gasteiger partial charge >= 0.3 is 0 Å². The van der Waals surface area contributed by atoms with E-state index in [0.717, 1.165) is 24.2 Å². The van der Waals surface area contributed by atoms with Gasteiger partial charge in [-0.3, -0.25) is 9.48 Å². The van der Waals surface area contributed by atoms with Gasteiger partial charge in [-0.25, -0.2) is 0 Å². The summed E-state index contributed by atoms with van der Waals surface area (Å²) in [6.45, 7) is 4.04. The molecule has 1 aromatic rings. The Hall–Kier alpha value is -1.07. The van der Waals surface area contributed by atoms with Crippen LogP contribution in [0.15, 0.2) is 0 Å². The van der Waals surface area contributed by atoms with Gasteiger partial charge in [0.15, 0.2) is 0 Å². The maximum Gasteiger partial charge on any atom is 0.244 e. The molecule has 5 nitrogen and oxygen atoms in total. The van der Waals surface area contributed by atoms with Crippen molar-refractivity contribution >= 4 is 17.5 Å². The molecule has 2 saturated heterocycles. The molecule has 6 heteroatoms. The maximum atomic E-state index is 12.5. The van der Waals surface area contributed by atoms with Crippen LogP contribution in [0.5, 0.6) is 0 Å². The van der Waals surface area contributed by atoms with Crippen molar-refractivity contribution < 1.29 is 4.79 Å². The fourth-order valence-electron chi connectivity index (χ4n) is 3.62. The predicted molar refractivity (Wildman–Crippen MR) is 82.4 cm³/mol. The van der Waals surface area contributed by atoms with Crippen molar-refractivity contribution in [3.63, 3.8) is 0 Å². The van der Waals surface area contributed by atoms with Crippen molar-refractivity contribution in [1.29, 1.82) is 0 Å². The summed E-state index contributed by atoms with van der Waals surface area (Å²) in [5, 5.41) is 8.61. The van der Waals surface area contributed by atoms with Gasteiger partial charge in [0, 0.05) is 25.2 Å². The summed E-state index contributed by atoms with van der Waals surface area (Å²) < 4.78 is 1.71. The van der Waals surface area contributed by atoms with Gasteiger partial charge in [-0.1, -0.05) is 11.6 Å². The predicted octanol–water partition coefficient (Wildman–Crippen LogP) is 1.89. The second-order valence-electron chi connectivity index (χ2n) is 6.41. The van der Waals surface area contributed by atoms with Crippen LogP contribution in [0.2, 0.25) is 5.02 Å². The third kappa shape index (κ3) is 2.81. The number of piperidine rings is 1. The van der Waals surface area contributed by atoms with Gasteiger partial charge in [0.1, 0.15) is 6.54 Å². The standard InChI is InChI=1S/C15H23ClN4O/c1-9-15(16)10(2)20(18-9)8-14(21)19(3)13-6-11-4-5-12(7-13)17-11/h11-13,17H,4-8H2,1-3H3. The minimum absolute atomic E-state index is 0.114. The summed E-state index contributed by atoms with van der Waals surface area (Å²) in [5.74, 6) is 0.114. The van der Waals surface area contributed by atoms with Gasteiger partial charge in [0.25, 0.3) is 0 Å². The van der Waals surface area contributed by atoms with E-state index in [1.807, 2.05) is 25.8 Å². The van der Waals surface area contributed by atoms with Crippen molar-refractivity contribution in [2.24, 2.45) is 0 Å². The Bertz CT molecular complexity index is 544. The molecule has 2 atom stereocenters. The van der Waals surface area contributed by atoms with Crippen molar-refractivity contribution in [3.8, 4) is 0 Å². The summed E-state index contributed by atoms with van der Waals surface area (Å²) in [6.07, 6.45) is 4.62. The number of aromatic nitrogens is 2. The molecule has 2 aliphatic rings. The quantitative estimate of drug-likeness (QED) is 0.927. The number of rotatable bonds is 3. The molecule has 0 aliphatic carbocycles. The Kier molecular flexibility index (Phi) is 3.97. The Morgan fingerprint density at radius 3 is 2.52 bits per heavy atom. The van der Waals surface area contributed by atoms with Crippen molar-refractivity contribution in [1.82, 2.24) is 20.0 Å². The molecule has 2 unspecified atom stereocenters. The Morgan fingerprint density at radius 2 is 2.00 bits per heavy atom. The van der Waals surface area contributed by atoms with Gasteiger partial charge in [0.05, 0.1) is 16.4 Å². The smallest absolute Gasteiger partial charge is 0.244 e. The highest BCUT2D eigenvalue weighted by Crippen LogP contribution is 2.29. The second kappa shape index (κ2) is 5.61. The summed E-state index contributed by atoms with van der Waals surface area (Å²) in [7, 11) is 1.92. The molecule has 3 heterocycles. The van der Waals surface area contributed by atoms with Crippen LogP contribution in [0, 0.1) is 13.8 Å². The van der Waals surface area contributed by atoms with E-state index in [9.17, 15) is 4.79 Å². The number of hydrogen-bond acceptors (Lipinski definition) is 3. The Balaban J connectivity index is 1.66. The van der Waals surface area contributed by atoms with Gasteiger partial charge in [-0.05, 0) is 39.5 Å². The molecular weight excluding hydrogens is 288 g/mol. The molecule has 0 aromatic carbocycles. The molecular formula is C15H23ClN4O. The molecule has 21 heavy (non-hydrogen) atoms. The summed E-state index contributed by atoms with van der Waals surface area (Å²) in [5.41, 5.74) is 1.64. The highest BCUT2D eigenvalue weighted by molar-refractivity contribution is 6.31. The molecule has 2 aliphatic heterocycles. The third-order valence-electron chi connectivity index (χ3n) is 4.97. The SMILES string of the molecule is Cc1nn(CC(=O)N(C)C2CC3CCC(C2)N3)c(C)c1Cl. The number of halogens is 1. The maximum absolute atomic E-state index is 12.5. The van der Waals surface area contributed by atoms with Crippen LogP contribution in [-0.2, 0) is 11.3 Å². The van der Waals surface area contributed by atoms with Crippen LogP contribution >= 0.6 is 11.6 Å². The minimum atomic E-state index is 0.114. The van der Waals surface area contributed by atoms with Gasteiger partial charge in [-0.2, -0.15) is 5.10 Å². The fourth-order valence-corrected chi connectivity index (χ4v) is 3.75. The fraction of sp³-hybridized carbons (Fsp3) is 0.733. The number of fused-ring (bicyclic) bond motifs is 2. The van der Waals surface area contributed by atoms with E-state index in [1.54, 1.807) is 4.68 Å². The number of nitrogens with zero attached hydrogens (tertiary/aromatic N) is 3. The zero-order valence-corrected chi connectivity index (χ0v) is 13.7. The number of likely N-dealkylation sites (N-methyl/N-ethyl adjacent to an activating group) is 1. The lowest BCUT2D eigenvalue weighted by Gasteiger charge is -2.35. The van der Waals surface area contributed by atoms with Crippen LogP contribution in [0.3, 0.4) is 0 Å². The van der Waals surface area contributed by atoms with Gasteiger partial charge in [0.2, 0.25) is 5.91 Å². The first-order chi connectivity index (χ1) is 9.95. The van der Waals surface area contributed by atoms with Crippen molar-refractivity contribution in [2.75, 3.05) is 7.05 Å². The lowest BCUT2D eigenvalue weighted by atomic mass is 9.98. The monoisotopic (exact) mass is 310 g/mol. The first kappa shape index (κ1) is 14.9. The van der Waals surface area contributed by atoms with E-state index >= 15 is 0 Å². The molecule has 116 valence electrons. The molecule has 0 saturated carbocycles. The van der Waals surface area contributed by atoms with E-state index in [0.29, 0.717) is 23.1 Å². The Labute approximate surface area is 130 Å². The first-order valence-electron chi connectivity index (χ1n) is 7.67. The van der Waals surface area contributed by atoms with Crippen molar-refractivity contribution in [2.45, 2.75) is 64.2 Å². The molecule has 1 N–H and O–H groups in total. The lowest BCUT2D eigenvalue weighted by molar-refractivity contribution is -0.133. The lowest BCUT2D eigenvalue weighted by Crippen LogP contribution is -2.49. The summed E-state index contributed by atoms with van der Waals surface area (Å²) in [6, 6.07) is 1.53. The number of hydrogen-bond donors (Lipinski definition) is 1.